The third-order valence-corrected chi connectivity index (χ3v) is 5.37. The molecule has 0 saturated carbocycles. The zero-order valence-corrected chi connectivity index (χ0v) is 20.3. The Morgan fingerprint density at radius 1 is 1.03 bits per heavy atom. The molecule has 0 aromatic heterocycles. The standard InChI is InChI=1S/C26H23IN2O3/c1-17-10-18(2)12-23(11-17)29-26(30)21(15-28)13-20-6-9-24(25(14-20)31-3)32-16-19-4-7-22(27)8-5-19/h4-14H,16H2,1-3H3,(H,29,30)/b21-13-. The molecule has 5 nitrogen and oxygen atoms in total. The highest BCUT2D eigenvalue weighted by Crippen LogP contribution is 2.30. The van der Waals surface area contributed by atoms with Gasteiger partial charge in [-0.2, -0.15) is 5.26 Å². The normalized spacial score (nSPS) is 10.9. The summed E-state index contributed by atoms with van der Waals surface area (Å²) in [6.45, 7) is 4.32. The molecular formula is C26H23IN2O3. The van der Waals surface area contributed by atoms with Gasteiger partial charge in [-0.1, -0.05) is 24.3 Å². The van der Waals surface area contributed by atoms with Gasteiger partial charge < -0.3 is 14.8 Å². The van der Waals surface area contributed by atoms with E-state index in [0.29, 0.717) is 29.4 Å². The van der Waals surface area contributed by atoms with Crippen molar-refractivity contribution in [2.24, 2.45) is 0 Å². The van der Waals surface area contributed by atoms with Gasteiger partial charge in [0.2, 0.25) is 0 Å². The number of nitrogens with one attached hydrogen (secondary N) is 1. The number of amides is 1. The molecule has 0 radical (unpaired) electrons. The average Bonchev–Trinajstić information content (AvgIpc) is 2.76. The van der Waals surface area contributed by atoms with E-state index < -0.39 is 5.91 Å². The second-order valence-electron chi connectivity index (χ2n) is 7.33. The fraction of sp³-hybridized carbons (Fsp3) is 0.154. The van der Waals surface area contributed by atoms with E-state index in [-0.39, 0.29) is 5.57 Å². The second kappa shape index (κ2) is 10.8. The van der Waals surface area contributed by atoms with E-state index in [1.165, 1.54) is 6.08 Å². The van der Waals surface area contributed by atoms with Crippen molar-refractivity contribution in [3.05, 3.63) is 92.1 Å². The average molecular weight is 538 g/mol. The van der Waals surface area contributed by atoms with Gasteiger partial charge in [0.1, 0.15) is 18.2 Å². The molecule has 32 heavy (non-hydrogen) atoms. The number of ether oxygens (including phenoxy) is 2. The minimum absolute atomic E-state index is 0.00114. The zero-order valence-electron chi connectivity index (χ0n) is 18.1. The van der Waals surface area contributed by atoms with Crippen molar-refractivity contribution in [1.29, 1.82) is 5.26 Å². The van der Waals surface area contributed by atoms with E-state index in [9.17, 15) is 10.1 Å². The van der Waals surface area contributed by atoms with Gasteiger partial charge in [0.05, 0.1) is 7.11 Å². The monoisotopic (exact) mass is 538 g/mol. The molecule has 0 spiro atoms. The predicted octanol–water partition coefficient (Wildman–Crippen LogP) is 6.04. The number of hydrogen-bond donors (Lipinski definition) is 1. The summed E-state index contributed by atoms with van der Waals surface area (Å²) < 4.78 is 12.5. The summed E-state index contributed by atoms with van der Waals surface area (Å²) in [5, 5.41) is 12.3. The van der Waals surface area contributed by atoms with Crippen LogP contribution < -0.4 is 14.8 Å². The number of carbonyl (C=O) groups excluding carboxylic acids is 1. The number of carbonyl (C=O) groups is 1. The maximum absolute atomic E-state index is 12.6. The van der Waals surface area contributed by atoms with Crippen LogP contribution in [0.5, 0.6) is 11.5 Å². The highest BCUT2D eigenvalue weighted by Gasteiger charge is 2.12. The number of anilines is 1. The lowest BCUT2D eigenvalue weighted by atomic mass is 10.1. The molecule has 0 aliphatic rings. The molecule has 1 N–H and O–H groups in total. The van der Waals surface area contributed by atoms with Gasteiger partial charge in [0, 0.05) is 9.26 Å². The molecule has 162 valence electrons. The molecule has 0 aliphatic heterocycles. The van der Waals surface area contributed by atoms with E-state index in [2.05, 4.69) is 27.9 Å². The van der Waals surface area contributed by atoms with Crippen molar-refractivity contribution >= 4 is 40.3 Å². The minimum atomic E-state index is -0.462. The molecule has 6 heteroatoms. The highest BCUT2D eigenvalue weighted by molar-refractivity contribution is 14.1. The molecule has 0 saturated heterocycles. The Balaban J connectivity index is 1.76. The number of nitriles is 1. The van der Waals surface area contributed by atoms with Gasteiger partial charge in [-0.05, 0) is 101 Å². The van der Waals surface area contributed by atoms with Gasteiger partial charge >= 0.3 is 0 Å². The molecule has 0 bridgehead atoms. The topological polar surface area (TPSA) is 71.3 Å². The number of halogens is 1. The first-order valence-electron chi connectivity index (χ1n) is 9.94. The van der Waals surface area contributed by atoms with Crippen LogP contribution in [0, 0.1) is 28.7 Å². The molecule has 0 atom stereocenters. The smallest absolute Gasteiger partial charge is 0.266 e. The summed E-state index contributed by atoms with van der Waals surface area (Å²) in [7, 11) is 1.55. The van der Waals surface area contributed by atoms with Crippen molar-refractivity contribution in [2.45, 2.75) is 20.5 Å². The lowest BCUT2D eigenvalue weighted by Crippen LogP contribution is -2.13. The Labute approximate surface area is 201 Å². The number of aryl methyl sites for hydroxylation is 2. The van der Waals surface area contributed by atoms with Crippen LogP contribution >= 0.6 is 22.6 Å². The highest BCUT2D eigenvalue weighted by atomic mass is 127. The number of hydrogen-bond acceptors (Lipinski definition) is 4. The molecule has 0 aliphatic carbocycles. The summed E-state index contributed by atoms with van der Waals surface area (Å²) in [6.07, 6.45) is 1.53. The molecule has 3 rings (SSSR count). The number of benzene rings is 3. The van der Waals surface area contributed by atoms with Crippen molar-refractivity contribution in [3.8, 4) is 17.6 Å². The van der Waals surface area contributed by atoms with Crippen LogP contribution in [0.25, 0.3) is 6.08 Å². The van der Waals surface area contributed by atoms with Gasteiger partial charge in [-0.3, -0.25) is 4.79 Å². The lowest BCUT2D eigenvalue weighted by Gasteiger charge is -2.12. The van der Waals surface area contributed by atoms with Crippen molar-refractivity contribution < 1.29 is 14.3 Å². The van der Waals surface area contributed by atoms with Crippen molar-refractivity contribution in [3.63, 3.8) is 0 Å². The van der Waals surface area contributed by atoms with E-state index in [0.717, 1.165) is 20.3 Å². The summed E-state index contributed by atoms with van der Waals surface area (Å²) in [5.74, 6) is 0.646. The Bertz CT molecular complexity index is 1170. The maximum atomic E-state index is 12.6. The molecule has 0 heterocycles. The third-order valence-electron chi connectivity index (χ3n) is 4.65. The van der Waals surface area contributed by atoms with Crippen LogP contribution in [-0.2, 0) is 11.4 Å². The molecule has 0 unspecified atom stereocenters. The van der Waals surface area contributed by atoms with Crippen molar-refractivity contribution in [1.82, 2.24) is 0 Å². The first-order valence-corrected chi connectivity index (χ1v) is 11.0. The maximum Gasteiger partial charge on any atom is 0.266 e. The predicted molar refractivity (Wildman–Crippen MR) is 135 cm³/mol. The van der Waals surface area contributed by atoms with E-state index in [1.807, 2.05) is 62.4 Å². The summed E-state index contributed by atoms with van der Waals surface area (Å²) in [5.41, 5.74) is 4.44. The van der Waals surface area contributed by atoms with E-state index in [1.54, 1.807) is 25.3 Å². The van der Waals surface area contributed by atoms with Crippen LogP contribution in [-0.4, -0.2) is 13.0 Å². The number of rotatable bonds is 7. The zero-order chi connectivity index (χ0) is 23.1. The van der Waals surface area contributed by atoms with Crippen LogP contribution in [0.2, 0.25) is 0 Å². The minimum Gasteiger partial charge on any atom is -0.493 e. The Morgan fingerprint density at radius 2 is 1.72 bits per heavy atom. The summed E-state index contributed by atoms with van der Waals surface area (Å²) >= 11 is 2.26. The molecular weight excluding hydrogens is 515 g/mol. The van der Waals surface area contributed by atoms with E-state index in [4.69, 9.17) is 9.47 Å². The quantitative estimate of drug-likeness (QED) is 0.226. The number of methoxy groups -OCH3 is 1. The fourth-order valence-corrected chi connectivity index (χ4v) is 3.56. The summed E-state index contributed by atoms with van der Waals surface area (Å²) in [6, 6.07) is 21.1. The van der Waals surface area contributed by atoms with Crippen molar-refractivity contribution in [2.75, 3.05) is 12.4 Å². The van der Waals surface area contributed by atoms with Gasteiger partial charge in [0.15, 0.2) is 11.5 Å². The van der Waals surface area contributed by atoms with Gasteiger partial charge in [-0.25, -0.2) is 0 Å². The molecule has 0 fully saturated rings. The van der Waals surface area contributed by atoms with Gasteiger partial charge in [0.25, 0.3) is 5.91 Å². The SMILES string of the molecule is COc1cc(/C=C(/C#N)C(=O)Nc2cc(C)cc(C)c2)ccc1OCc1ccc(I)cc1. The van der Waals surface area contributed by atoms with Crippen LogP contribution in [0.15, 0.2) is 66.2 Å². The summed E-state index contributed by atoms with van der Waals surface area (Å²) in [4.78, 5) is 12.6. The van der Waals surface area contributed by atoms with Gasteiger partial charge in [-0.15, -0.1) is 0 Å². The molecule has 3 aromatic carbocycles. The van der Waals surface area contributed by atoms with Crippen LogP contribution in [0.4, 0.5) is 5.69 Å². The number of nitrogens with zero attached hydrogens (tertiary/aromatic N) is 1. The Kier molecular flexibility index (Phi) is 7.90. The Morgan fingerprint density at radius 3 is 2.34 bits per heavy atom. The lowest BCUT2D eigenvalue weighted by molar-refractivity contribution is -0.112. The van der Waals surface area contributed by atoms with E-state index >= 15 is 0 Å². The Hall–Kier alpha value is -3.31. The van der Waals surface area contributed by atoms with Crippen LogP contribution in [0.3, 0.4) is 0 Å². The third kappa shape index (κ3) is 6.34. The fourth-order valence-electron chi connectivity index (χ4n) is 3.20. The second-order valence-corrected chi connectivity index (χ2v) is 8.57. The first kappa shape index (κ1) is 23.4. The molecule has 3 aromatic rings. The first-order chi connectivity index (χ1) is 15.4. The van der Waals surface area contributed by atoms with Crippen LogP contribution in [0.1, 0.15) is 22.3 Å². The largest absolute Gasteiger partial charge is 0.493 e. The molecule has 1 amide bonds.